The van der Waals surface area contributed by atoms with Gasteiger partial charge in [0, 0.05) is 36.0 Å². The van der Waals surface area contributed by atoms with E-state index in [1.54, 1.807) is 0 Å². The van der Waals surface area contributed by atoms with Crippen molar-refractivity contribution in [2.45, 2.75) is 19.6 Å². The summed E-state index contributed by atoms with van der Waals surface area (Å²) in [7, 11) is 0. The molecule has 6 aromatic carbocycles. The fourth-order valence-electron chi connectivity index (χ4n) is 6.50. The van der Waals surface area contributed by atoms with Gasteiger partial charge < -0.3 is 4.57 Å². The molecule has 1 nitrogen and oxygen atoms in total. The Hall–Kier alpha value is -3.51. The number of para-hydroxylation sites is 1. The van der Waals surface area contributed by atoms with Gasteiger partial charge in [-0.25, -0.2) is 0 Å². The molecule has 0 atom stereocenters. The van der Waals surface area contributed by atoms with Crippen LogP contribution in [0.15, 0.2) is 141 Å². The summed E-state index contributed by atoms with van der Waals surface area (Å²) in [5.41, 5.74) is 7.92. The molecule has 0 saturated carbocycles. The molecule has 0 bridgehead atoms. The van der Waals surface area contributed by atoms with Crippen molar-refractivity contribution in [3.8, 4) is 5.69 Å². The molecule has 0 fully saturated rings. The minimum Gasteiger partial charge on any atom is -0.309 e. The van der Waals surface area contributed by atoms with Gasteiger partial charge in [-0.3, -0.25) is 0 Å². The van der Waals surface area contributed by atoms with Crippen molar-refractivity contribution in [1.29, 1.82) is 0 Å². The van der Waals surface area contributed by atoms with E-state index in [-0.39, 0.29) is 6.71 Å². The Kier molecular flexibility index (Phi) is 6.21. The Labute approximate surface area is 253 Å². The molecule has 41 heavy (non-hydrogen) atoms. The highest BCUT2D eigenvalue weighted by Gasteiger charge is 2.34. The lowest BCUT2D eigenvalue weighted by Gasteiger charge is -2.29. The van der Waals surface area contributed by atoms with E-state index in [9.17, 15) is 0 Å². The van der Waals surface area contributed by atoms with Gasteiger partial charge in [0.2, 0.25) is 6.71 Å². The minimum absolute atomic E-state index is 0.199. The van der Waals surface area contributed by atoms with Crippen LogP contribution in [0.4, 0.5) is 0 Å². The molecule has 0 N–H and O–H groups in total. The molecular weight excluding hydrogens is 553 g/mol. The van der Waals surface area contributed by atoms with Crippen LogP contribution in [0.3, 0.4) is 0 Å². The first-order valence-electron chi connectivity index (χ1n) is 13.8. The Balaban J connectivity index is 1.39. The van der Waals surface area contributed by atoms with Gasteiger partial charge in [0.05, 0.1) is 11.0 Å². The first kappa shape index (κ1) is 25.2. The molecule has 0 unspecified atom stereocenters. The van der Waals surface area contributed by atoms with Crippen LogP contribution in [0.1, 0.15) is 0 Å². The van der Waals surface area contributed by atoms with E-state index in [0.717, 1.165) is 0 Å². The summed E-state index contributed by atoms with van der Waals surface area (Å²) in [6, 6.07) is 45.1. The second-order valence-electron chi connectivity index (χ2n) is 10.4. The summed E-state index contributed by atoms with van der Waals surface area (Å²) in [4.78, 5) is 5.39. The predicted molar refractivity (Wildman–Crippen MR) is 184 cm³/mol. The number of benzene rings is 6. The summed E-state index contributed by atoms with van der Waals surface area (Å²) in [6.07, 6.45) is 4.39. The van der Waals surface area contributed by atoms with Crippen molar-refractivity contribution in [3.63, 3.8) is 0 Å². The normalized spacial score (nSPS) is 12.7. The number of hydrogen-bond donors (Lipinski definition) is 0. The zero-order valence-electron chi connectivity index (χ0n) is 22.8. The summed E-state index contributed by atoms with van der Waals surface area (Å²) < 4.78 is 2.45. The minimum atomic E-state index is 0.199. The van der Waals surface area contributed by atoms with Crippen LogP contribution in [0.2, 0.25) is 0 Å². The maximum absolute atomic E-state index is 2.45. The lowest BCUT2D eigenvalue weighted by atomic mass is 9.36. The molecule has 0 spiro atoms. The standard InChI is InChI=1S/C36H26BNS3/c1-39-33-16-9-17-34(40-2)36(33)37-28-13-6-8-15-32(28)41-35-22-25(18-19-29(35)37)38-30-14-7-5-12-26(30)27-20-23-10-3-4-11-24(23)21-31(27)38/h3-22H,1-2H3. The number of hydrogen-bond acceptors (Lipinski definition) is 3. The lowest BCUT2D eigenvalue weighted by molar-refractivity contribution is 1.17. The topological polar surface area (TPSA) is 4.93 Å². The maximum atomic E-state index is 2.45. The van der Waals surface area contributed by atoms with Gasteiger partial charge in [-0.15, -0.1) is 23.5 Å². The van der Waals surface area contributed by atoms with Crippen molar-refractivity contribution >= 4 is 91.0 Å². The first-order valence-corrected chi connectivity index (χ1v) is 17.1. The molecule has 7 aromatic rings. The fourth-order valence-corrected chi connectivity index (χ4v) is 9.06. The third-order valence-corrected chi connectivity index (χ3v) is 11.1. The van der Waals surface area contributed by atoms with Crippen molar-refractivity contribution in [2.24, 2.45) is 0 Å². The Morgan fingerprint density at radius 3 is 2.05 bits per heavy atom. The third-order valence-electron chi connectivity index (χ3n) is 8.31. The van der Waals surface area contributed by atoms with Crippen LogP contribution in [0.25, 0.3) is 38.3 Å². The Morgan fingerprint density at radius 2 is 1.24 bits per heavy atom. The monoisotopic (exact) mass is 579 g/mol. The highest BCUT2D eigenvalue weighted by molar-refractivity contribution is 8.00. The molecular formula is C36H26BNS3. The zero-order chi connectivity index (χ0) is 27.5. The molecule has 8 rings (SSSR count). The quantitative estimate of drug-likeness (QED) is 0.153. The van der Waals surface area contributed by atoms with Crippen LogP contribution in [-0.4, -0.2) is 23.8 Å². The second kappa shape index (κ2) is 10.1. The SMILES string of the molecule is CSc1cccc(SC)c1B1c2ccccc2Sc2cc(-n3c4ccccc4c4cc5ccccc5cc43)ccc21. The average Bonchev–Trinajstić information content (AvgIpc) is 3.35. The first-order chi connectivity index (χ1) is 20.2. The lowest BCUT2D eigenvalue weighted by Crippen LogP contribution is -2.56. The maximum Gasteiger partial charge on any atom is 0.247 e. The number of nitrogens with zero attached hydrogens (tertiary/aromatic N) is 1. The van der Waals surface area contributed by atoms with Crippen LogP contribution in [0, 0.1) is 0 Å². The summed E-state index contributed by atoms with van der Waals surface area (Å²) in [6.45, 7) is 0.199. The van der Waals surface area contributed by atoms with Gasteiger partial charge >= 0.3 is 0 Å². The molecule has 196 valence electrons. The summed E-state index contributed by atoms with van der Waals surface area (Å²) in [5.74, 6) is 0. The zero-order valence-corrected chi connectivity index (χ0v) is 25.2. The van der Waals surface area contributed by atoms with Crippen molar-refractivity contribution < 1.29 is 0 Å². The van der Waals surface area contributed by atoms with Crippen molar-refractivity contribution in [2.75, 3.05) is 12.5 Å². The van der Waals surface area contributed by atoms with Gasteiger partial charge in [0.25, 0.3) is 0 Å². The Bertz CT molecular complexity index is 2110. The third kappa shape index (κ3) is 3.98. The molecule has 1 aliphatic rings. The van der Waals surface area contributed by atoms with Gasteiger partial charge in [0.1, 0.15) is 0 Å². The molecule has 0 amide bonds. The molecule has 0 saturated heterocycles. The Morgan fingerprint density at radius 1 is 0.561 bits per heavy atom. The average molecular weight is 580 g/mol. The van der Waals surface area contributed by atoms with Crippen molar-refractivity contribution in [3.05, 3.63) is 121 Å². The van der Waals surface area contributed by atoms with Gasteiger partial charge in [-0.05, 0) is 77.3 Å². The van der Waals surface area contributed by atoms with Crippen LogP contribution >= 0.6 is 35.3 Å². The molecule has 0 radical (unpaired) electrons. The van der Waals surface area contributed by atoms with E-state index in [1.165, 1.54) is 74.2 Å². The van der Waals surface area contributed by atoms with Gasteiger partial charge in [-0.1, -0.05) is 95.5 Å². The number of aromatic nitrogens is 1. The molecule has 2 heterocycles. The van der Waals surface area contributed by atoms with Gasteiger partial charge in [-0.2, -0.15) is 0 Å². The van der Waals surface area contributed by atoms with E-state index in [0.29, 0.717) is 0 Å². The predicted octanol–water partition coefficient (Wildman–Crippen LogP) is 8.36. The van der Waals surface area contributed by atoms with Crippen molar-refractivity contribution in [1.82, 2.24) is 4.57 Å². The number of fused-ring (bicyclic) bond motifs is 6. The van der Waals surface area contributed by atoms with E-state index in [1.807, 2.05) is 35.3 Å². The molecule has 1 aromatic heterocycles. The van der Waals surface area contributed by atoms with Crippen LogP contribution < -0.4 is 16.4 Å². The largest absolute Gasteiger partial charge is 0.309 e. The highest BCUT2D eigenvalue weighted by Crippen LogP contribution is 2.37. The van der Waals surface area contributed by atoms with Crippen LogP contribution in [-0.2, 0) is 0 Å². The molecule has 1 aliphatic heterocycles. The molecule has 0 aliphatic carbocycles. The fraction of sp³-hybridized carbons (Fsp3) is 0.0556. The second-order valence-corrected chi connectivity index (χ2v) is 13.2. The highest BCUT2D eigenvalue weighted by atomic mass is 32.2. The summed E-state index contributed by atoms with van der Waals surface area (Å²) in [5, 5.41) is 5.14. The smallest absolute Gasteiger partial charge is 0.247 e. The number of rotatable bonds is 4. The summed E-state index contributed by atoms with van der Waals surface area (Å²) >= 11 is 5.60. The number of thioether (sulfide) groups is 2. The molecule has 5 heteroatoms. The van der Waals surface area contributed by atoms with E-state index < -0.39 is 0 Å². The van der Waals surface area contributed by atoms with E-state index in [2.05, 4.69) is 138 Å². The van der Waals surface area contributed by atoms with E-state index >= 15 is 0 Å². The van der Waals surface area contributed by atoms with Crippen LogP contribution in [0.5, 0.6) is 0 Å². The van der Waals surface area contributed by atoms with E-state index in [4.69, 9.17) is 0 Å². The van der Waals surface area contributed by atoms with Gasteiger partial charge in [0.15, 0.2) is 0 Å².